The van der Waals surface area contributed by atoms with Gasteiger partial charge in [-0.25, -0.2) is 0 Å². The van der Waals surface area contributed by atoms with Gasteiger partial charge in [0.2, 0.25) is 5.91 Å². The van der Waals surface area contributed by atoms with Gasteiger partial charge in [0, 0.05) is 31.3 Å². The molecule has 1 heterocycles. The Morgan fingerprint density at radius 3 is 2.60 bits per heavy atom. The molecule has 2 aromatic rings. The Bertz CT molecular complexity index is 525. The maximum absolute atomic E-state index is 11.9. The van der Waals surface area contributed by atoms with Crippen molar-refractivity contribution >= 4 is 5.91 Å². The molecule has 0 radical (unpaired) electrons. The van der Waals surface area contributed by atoms with E-state index in [0.29, 0.717) is 13.0 Å². The average molecular weight is 268 g/mol. The number of amides is 1. The third kappa shape index (κ3) is 4.50. The minimum atomic E-state index is 0.0947. The van der Waals surface area contributed by atoms with Crippen LogP contribution in [0.3, 0.4) is 0 Å². The SMILES string of the molecule is C[C@@H](CC(=O)NCCc1ccccn1)c1ccccc1. The molecule has 0 aliphatic rings. The molecule has 0 fully saturated rings. The van der Waals surface area contributed by atoms with Gasteiger partial charge in [0.25, 0.3) is 0 Å². The molecule has 3 heteroatoms. The van der Waals surface area contributed by atoms with Gasteiger partial charge in [0.15, 0.2) is 0 Å². The summed E-state index contributed by atoms with van der Waals surface area (Å²) in [5.41, 5.74) is 2.20. The summed E-state index contributed by atoms with van der Waals surface area (Å²) >= 11 is 0. The Labute approximate surface area is 120 Å². The van der Waals surface area contributed by atoms with Gasteiger partial charge in [0.05, 0.1) is 0 Å². The van der Waals surface area contributed by atoms with Crippen LogP contribution in [0.4, 0.5) is 0 Å². The summed E-state index contributed by atoms with van der Waals surface area (Å²) in [6, 6.07) is 15.9. The van der Waals surface area contributed by atoms with E-state index in [1.165, 1.54) is 5.56 Å². The van der Waals surface area contributed by atoms with Gasteiger partial charge in [-0.05, 0) is 23.6 Å². The molecule has 2 rings (SSSR count). The first kappa shape index (κ1) is 14.3. The molecule has 1 aromatic carbocycles. The molecule has 0 saturated heterocycles. The largest absolute Gasteiger partial charge is 0.356 e. The highest BCUT2D eigenvalue weighted by molar-refractivity contribution is 5.76. The lowest BCUT2D eigenvalue weighted by Crippen LogP contribution is -2.26. The van der Waals surface area contributed by atoms with Crippen molar-refractivity contribution in [2.24, 2.45) is 0 Å². The fourth-order valence-electron chi connectivity index (χ4n) is 2.13. The monoisotopic (exact) mass is 268 g/mol. The van der Waals surface area contributed by atoms with Crippen molar-refractivity contribution < 1.29 is 4.79 Å². The number of hydrogen-bond donors (Lipinski definition) is 1. The number of nitrogens with zero attached hydrogens (tertiary/aromatic N) is 1. The third-order valence-corrected chi connectivity index (χ3v) is 3.29. The molecule has 1 atom stereocenters. The van der Waals surface area contributed by atoms with Crippen LogP contribution in [0, 0.1) is 0 Å². The van der Waals surface area contributed by atoms with Crippen molar-refractivity contribution in [3.05, 3.63) is 66.0 Å². The fraction of sp³-hybridized carbons (Fsp3) is 0.294. The molecule has 20 heavy (non-hydrogen) atoms. The zero-order chi connectivity index (χ0) is 14.2. The maximum atomic E-state index is 11.9. The summed E-state index contributed by atoms with van der Waals surface area (Å²) in [7, 11) is 0. The Hall–Kier alpha value is -2.16. The zero-order valence-electron chi connectivity index (χ0n) is 11.8. The van der Waals surface area contributed by atoms with E-state index in [-0.39, 0.29) is 11.8 Å². The lowest BCUT2D eigenvalue weighted by Gasteiger charge is -2.11. The van der Waals surface area contributed by atoms with Gasteiger partial charge < -0.3 is 5.32 Å². The van der Waals surface area contributed by atoms with Gasteiger partial charge in [0.1, 0.15) is 0 Å². The minimum Gasteiger partial charge on any atom is -0.356 e. The summed E-state index contributed by atoms with van der Waals surface area (Å²) in [4.78, 5) is 16.1. The van der Waals surface area contributed by atoms with E-state index < -0.39 is 0 Å². The first-order valence-corrected chi connectivity index (χ1v) is 6.97. The maximum Gasteiger partial charge on any atom is 0.220 e. The summed E-state index contributed by atoms with van der Waals surface area (Å²) in [6.45, 7) is 2.71. The van der Waals surface area contributed by atoms with Crippen LogP contribution in [-0.2, 0) is 11.2 Å². The number of nitrogens with one attached hydrogen (secondary N) is 1. The van der Waals surface area contributed by atoms with Gasteiger partial charge in [-0.1, -0.05) is 43.3 Å². The molecule has 0 saturated carbocycles. The van der Waals surface area contributed by atoms with Crippen molar-refractivity contribution in [2.45, 2.75) is 25.7 Å². The number of pyridine rings is 1. The first-order valence-electron chi connectivity index (χ1n) is 6.97. The molecule has 0 bridgehead atoms. The molecule has 1 aromatic heterocycles. The Kier molecular flexibility index (Phi) is 5.30. The minimum absolute atomic E-state index is 0.0947. The topological polar surface area (TPSA) is 42.0 Å². The summed E-state index contributed by atoms with van der Waals surface area (Å²) in [6.07, 6.45) is 3.06. The van der Waals surface area contributed by atoms with E-state index in [1.807, 2.05) is 36.4 Å². The summed E-state index contributed by atoms with van der Waals surface area (Å²) in [5.74, 6) is 0.336. The molecule has 104 valence electrons. The van der Waals surface area contributed by atoms with Crippen LogP contribution in [0.15, 0.2) is 54.7 Å². The normalized spacial score (nSPS) is 11.8. The number of carbonyl (C=O) groups excluding carboxylic acids is 1. The first-order chi connectivity index (χ1) is 9.75. The van der Waals surface area contributed by atoms with Gasteiger partial charge in [-0.2, -0.15) is 0 Å². The third-order valence-electron chi connectivity index (χ3n) is 3.29. The number of rotatable bonds is 6. The smallest absolute Gasteiger partial charge is 0.220 e. The number of benzene rings is 1. The Morgan fingerprint density at radius 2 is 1.90 bits per heavy atom. The lowest BCUT2D eigenvalue weighted by atomic mass is 9.97. The van der Waals surface area contributed by atoms with Crippen molar-refractivity contribution in [1.29, 1.82) is 0 Å². The van der Waals surface area contributed by atoms with Crippen LogP contribution >= 0.6 is 0 Å². The molecular formula is C17H20N2O. The van der Waals surface area contributed by atoms with Crippen LogP contribution in [0.1, 0.15) is 30.5 Å². The Balaban J connectivity index is 1.73. The van der Waals surface area contributed by atoms with Crippen molar-refractivity contribution in [2.75, 3.05) is 6.54 Å². The highest BCUT2D eigenvalue weighted by Gasteiger charge is 2.10. The van der Waals surface area contributed by atoms with Crippen LogP contribution in [0.5, 0.6) is 0 Å². The van der Waals surface area contributed by atoms with E-state index in [4.69, 9.17) is 0 Å². The van der Waals surface area contributed by atoms with Gasteiger partial charge in [-0.15, -0.1) is 0 Å². The lowest BCUT2D eigenvalue weighted by molar-refractivity contribution is -0.121. The summed E-state index contributed by atoms with van der Waals surface area (Å²) < 4.78 is 0. The number of carbonyl (C=O) groups is 1. The zero-order valence-corrected chi connectivity index (χ0v) is 11.8. The molecule has 0 aliphatic carbocycles. The van der Waals surface area contributed by atoms with Crippen LogP contribution in [0.2, 0.25) is 0 Å². The Morgan fingerprint density at radius 1 is 1.15 bits per heavy atom. The van der Waals surface area contributed by atoms with E-state index in [2.05, 4.69) is 29.4 Å². The van der Waals surface area contributed by atoms with E-state index in [1.54, 1.807) is 6.20 Å². The molecular weight excluding hydrogens is 248 g/mol. The molecule has 0 spiro atoms. The highest BCUT2D eigenvalue weighted by Crippen LogP contribution is 2.17. The quantitative estimate of drug-likeness (QED) is 0.875. The van der Waals surface area contributed by atoms with Crippen molar-refractivity contribution in [3.8, 4) is 0 Å². The second kappa shape index (κ2) is 7.43. The molecule has 0 unspecified atom stereocenters. The predicted octanol–water partition coefficient (Wildman–Crippen LogP) is 2.93. The number of hydrogen-bond acceptors (Lipinski definition) is 2. The molecule has 0 aliphatic heterocycles. The van der Waals surface area contributed by atoms with E-state index in [9.17, 15) is 4.79 Å². The average Bonchev–Trinajstić information content (AvgIpc) is 2.49. The van der Waals surface area contributed by atoms with E-state index >= 15 is 0 Å². The molecule has 1 N–H and O–H groups in total. The van der Waals surface area contributed by atoms with Crippen LogP contribution in [-0.4, -0.2) is 17.4 Å². The van der Waals surface area contributed by atoms with E-state index in [0.717, 1.165) is 12.1 Å². The summed E-state index contributed by atoms with van der Waals surface area (Å²) in [5, 5.41) is 2.95. The number of aromatic nitrogens is 1. The standard InChI is InChI=1S/C17H20N2O/c1-14(15-7-3-2-4-8-15)13-17(20)19-12-10-16-9-5-6-11-18-16/h2-9,11,14H,10,12-13H2,1H3,(H,19,20)/t14-/m0/s1. The fourth-order valence-corrected chi connectivity index (χ4v) is 2.13. The molecule has 3 nitrogen and oxygen atoms in total. The van der Waals surface area contributed by atoms with Crippen LogP contribution < -0.4 is 5.32 Å². The second-order valence-corrected chi connectivity index (χ2v) is 4.94. The van der Waals surface area contributed by atoms with Gasteiger partial charge >= 0.3 is 0 Å². The predicted molar refractivity (Wildman–Crippen MR) is 80.4 cm³/mol. The molecule has 1 amide bonds. The van der Waals surface area contributed by atoms with Crippen molar-refractivity contribution in [1.82, 2.24) is 10.3 Å². The van der Waals surface area contributed by atoms with Gasteiger partial charge in [-0.3, -0.25) is 9.78 Å². The second-order valence-electron chi connectivity index (χ2n) is 4.94. The highest BCUT2D eigenvalue weighted by atomic mass is 16.1. The van der Waals surface area contributed by atoms with Crippen molar-refractivity contribution in [3.63, 3.8) is 0 Å². The van der Waals surface area contributed by atoms with Crippen LogP contribution in [0.25, 0.3) is 0 Å².